The molecule has 2 aromatic rings. The minimum Gasteiger partial charge on any atom is -0.389 e. The van der Waals surface area contributed by atoms with Gasteiger partial charge < -0.3 is 10.6 Å². The predicted molar refractivity (Wildman–Crippen MR) is 86.5 cm³/mol. The Morgan fingerprint density at radius 2 is 1.90 bits per heavy atom. The van der Waals surface area contributed by atoms with Gasteiger partial charge in [-0.1, -0.05) is 48.1 Å². The van der Waals surface area contributed by atoms with Gasteiger partial charge in [0.05, 0.1) is 10.6 Å². The van der Waals surface area contributed by atoms with Crippen LogP contribution < -0.4 is 10.6 Å². The van der Waals surface area contributed by atoms with Gasteiger partial charge >= 0.3 is 0 Å². The highest BCUT2D eigenvalue weighted by atomic mass is 35.5. The molecular formula is C15H13ClN2OS. The number of halogens is 1. The molecule has 0 aromatic heterocycles. The molecule has 102 valence electrons. The first-order valence-electron chi connectivity index (χ1n) is 5.93. The van der Waals surface area contributed by atoms with Gasteiger partial charge in [-0.3, -0.25) is 4.79 Å². The lowest BCUT2D eigenvalue weighted by Gasteiger charge is -2.18. The summed E-state index contributed by atoms with van der Waals surface area (Å²) in [7, 11) is 1.68. The minimum absolute atomic E-state index is 0.185. The zero-order valence-corrected chi connectivity index (χ0v) is 12.4. The van der Waals surface area contributed by atoms with Gasteiger partial charge in [-0.25, -0.2) is 0 Å². The summed E-state index contributed by atoms with van der Waals surface area (Å²) >= 11 is 11.0. The summed E-state index contributed by atoms with van der Waals surface area (Å²) in [5.74, 6) is -0.185. The van der Waals surface area contributed by atoms with Gasteiger partial charge in [-0.2, -0.15) is 0 Å². The first kappa shape index (κ1) is 14.5. The Morgan fingerprint density at radius 1 is 1.20 bits per heavy atom. The number of nitrogens with two attached hydrogens (primary N) is 1. The van der Waals surface area contributed by atoms with Gasteiger partial charge in [0.15, 0.2) is 0 Å². The maximum absolute atomic E-state index is 12.4. The summed E-state index contributed by atoms with van der Waals surface area (Å²) in [6.07, 6.45) is 0. The zero-order chi connectivity index (χ0) is 14.7. The van der Waals surface area contributed by atoms with Crippen LogP contribution in [0.15, 0.2) is 48.5 Å². The van der Waals surface area contributed by atoms with Gasteiger partial charge in [0, 0.05) is 18.3 Å². The molecule has 0 aliphatic heterocycles. The number of carbonyl (C=O) groups is 1. The summed E-state index contributed by atoms with van der Waals surface area (Å²) in [6.45, 7) is 0. The van der Waals surface area contributed by atoms with Crippen LogP contribution >= 0.6 is 23.8 Å². The first-order chi connectivity index (χ1) is 9.50. The van der Waals surface area contributed by atoms with Gasteiger partial charge in [0.2, 0.25) is 0 Å². The molecule has 0 spiro atoms. The molecular weight excluding hydrogens is 292 g/mol. The van der Waals surface area contributed by atoms with E-state index < -0.39 is 0 Å². The Hall–Kier alpha value is -1.91. The third-order valence-electron chi connectivity index (χ3n) is 2.93. The third kappa shape index (κ3) is 2.98. The fraction of sp³-hybridized carbons (Fsp3) is 0.0667. The number of anilines is 1. The van der Waals surface area contributed by atoms with Crippen molar-refractivity contribution in [3.63, 3.8) is 0 Å². The van der Waals surface area contributed by atoms with Gasteiger partial charge in [0.25, 0.3) is 5.91 Å². The summed E-state index contributed by atoms with van der Waals surface area (Å²) in [5.41, 5.74) is 7.48. The average Bonchev–Trinajstić information content (AvgIpc) is 2.46. The first-order valence-corrected chi connectivity index (χ1v) is 6.72. The smallest absolute Gasteiger partial charge is 0.259 e. The van der Waals surface area contributed by atoms with Crippen molar-refractivity contribution < 1.29 is 4.79 Å². The summed E-state index contributed by atoms with van der Waals surface area (Å²) in [4.78, 5) is 14.2. The predicted octanol–water partition coefficient (Wildman–Crippen LogP) is 3.25. The second-order valence-corrected chi connectivity index (χ2v) is 5.11. The molecule has 0 bridgehead atoms. The molecule has 0 radical (unpaired) electrons. The van der Waals surface area contributed by atoms with Crippen molar-refractivity contribution in [1.29, 1.82) is 0 Å². The van der Waals surface area contributed by atoms with Crippen LogP contribution in [0.25, 0.3) is 0 Å². The second-order valence-electron chi connectivity index (χ2n) is 4.26. The molecule has 0 fully saturated rings. The highest BCUT2D eigenvalue weighted by Crippen LogP contribution is 2.21. The number of nitrogens with zero attached hydrogens (tertiary/aromatic N) is 1. The maximum Gasteiger partial charge on any atom is 0.259 e. The molecule has 5 heteroatoms. The van der Waals surface area contributed by atoms with E-state index in [-0.39, 0.29) is 5.91 Å². The number of carbonyl (C=O) groups excluding carboxylic acids is 1. The van der Waals surface area contributed by atoms with Crippen molar-refractivity contribution >= 4 is 40.4 Å². The molecule has 0 unspecified atom stereocenters. The van der Waals surface area contributed by atoms with Crippen LogP contribution in [0.5, 0.6) is 0 Å². The van der Waals surface area contributed by atoms with Crippen LogP contribution in [0.2, 0.25) is 5.02 Å². The molecule has 0 heterocycles. The van der Waals surface area contributed by atoms with Crippen LogP contribution in [0.3, 0.4) is 0 Å². The molecule has 2 N–H and O–H groups in total. The van der Waals surface area contributed by atoms with Crippen LogP contribution in [0.1, 0.15) is 15.9 Å². The Balaban J connectivity index is 2.34. The Labute approximate surface area is 128 Å². The second kappa shape index (κ2) is 6.03. The van der Waals surface area contributed by atoms with E-state index in [0.717, 1.165) is 5.56 Å². The number of thiocarbonyl (C=S) groups is 1. The van der Waals surface area contributed by atoms with Crippen molar-refractivity contribution in [1.82, 2.24) is 0 Å². The van der Waals surface area contributed by atoms with Crippen LogP contribution in [-0.2, 0) is 0 Å². The third-order valence-corrected chi connectivity index (χ3v) is 3.49. The Morgan fingerprint density at radius 3 is 2.55 bits per heavy atom. The Kier molecular flexibility index (Phi) is 4.37. The standard InChI is InChI=1S/C15H13ClN2OS/c1-18(11-6-4-5-10(9-11)14(17)20)15(19)12-7-2-3-8-13(12)16/h2-9H,1H3,(H2,17,20). The molecule has 1 amide bonds. The number of benzene rings is 2. The summed E-state index contributed by atoms with van der Waals surface area (Å²) in [6, 6.07) is 14.1. The van der Waals surface area contributed by atoms with Crippen molar-refractivity contribution in [2.75, 3.05) is 11.9 Å². The van der Waals surface area contributed by atoms with Crippen LogP contribution in [-0.4, -0.2) is 17.9 Å². The highest BCUT2D eigenvalue weighted by molar-refractivity contribution is 7.80. The fourth-order valence-electron chi connectivity index (χ4n) is 1.80. The topological polar surface area (TPSA) is 46.3 Å². The lowest BCUT2D eigenvalue weighted by atomic mass is 10.1. The maximum atomic E-state index is 12.4. The van der Waals surface area contributed by atoms with E-state index in [0.29, 0.717) is 21.3 Å². The minimum atomic E-state index is -0.185. The van der Waals surface area contributed by atoms with E-state index >= 15 is 0 Å². The molecule has 0 saturated heterocycles. The van der Waals surface area contributed by atoms with E-state index in [9.17, 15) is 4.79 Å². The average molecular weight is 305 g/mol. The van der Waals surface area contributed by atoms with Crippen molar-refractivity contribution in [2.24, 2.45) is 5.73 Å². The Bertz CT molecular complexity index is 672. The van der Waals surface area contributed by atoms with E-state index in [1.54, 1.807) is 49.5 Å². The van der Waals surface area contributed by atoms with E-state index in [1.807, 2.05) is 6.07 Å². The van der Waals surface area contributed by atoms with Gasteiger partial charge in [0.1, 0.15) is 4.99 Å². The number of rotatable bonds is 3. The molecule has 0 aliphatic rings. The molecule has 2 aromatic carbocycles. The van der Waals surface area contributed by atoms with Crippen molar-refractivity contribution in [2.45, 2.75) is 0 Å². The molecule has 0 aliphatic carbocycles. The normalized spacial score (nSPS) is 10.1. The lowest BCUT2D eigenvalue weighted by Crippen LogP contribution is -2.26. The molecule has 0 atom stereocenters. The quantitative estimate of drug-likeness (QED) is 0.885. The number of hydrogen-bond acceptors (Lipinski definition) is 2. The van der Waals surface area contributed by atoms with Gasteiger partial charge in [-0.15, -0.1) is 0 Å². The zero-order valence-electron chi connectivity index (χ0n) is 10.8. The largest absolute Gasteiger partial charge is 0.389 e. The number of amides is 1. The summed E-state index contributed by atoms with van der Waals surface area (Å²) in [5, 5.41) is 0.426. The molecule has 3 nitrogen and oxygen atoms in total. The van der Waals surface area contributed by atoms with Crippen molar-refractivity contribution in [3.05, 3.63) is 64.7 Å². The van der Waals surface area contributed by atoms with Gasteiger partial charge in [-0.05, 0) is 24.3 Å². The SMILES string of the molecule is CN(C(=O)c1ccccc1Cl)c1cccc(C(N)=S)c1. The van der Waals surface area contributed by atoms with Crippen LogP contribution in [0.4, 0.5) is 5.69 Å². The fourth-order valence-corrected chi connectivity index (χ4v) is 2.14. The molecule has 0 saturated carbocycles. The molecule has 2 rings (SSSR count). The van der Waals surface area contributed by atoms with E-state index in [4.69, 9.17) is 29.6 Å². The highest BCUT2D eigenvalue weighted by Gasteiger charge is 2.16. The van der Waals surface area contributed by atoms with E-state index in [1.165, 1.54) is 4.90 Å². The number of hydrogen-bond donors (Lipinski definition) is 1. The van der Waals surface area contributed by atoms with E-state index in [2.05, 4.69) is 0 Å². The van der Waals surface area contributed by atoms with Crippen molar-refractivity contribution in [3.8, 4) is 0 Å². The summed E-state index contributed by atoms with van der Waals surface area (Å²) < 4.78 is 0. The lowest BCUT2D eigenvalue weighted by molar-refractivity contribution is 0.0993. The monoisotopic (exact) mass is 304 g/mol. The van der Waals surface area contributed by atoms with Crippen LogP contribution in [0, 0.1) is 0 Å². The molecule has 20 heavy (non-hydrogen) atoms.